The second kappa shape index (κ2) is 9.91. The summed E-state index contributed by atoms with van der Waals surface area (Å²) in [5.74, 6) is 1.88. The van der Waals surface area contributed by atoms with Gasteiger partial charge in [-0.2, -0.15) is 0 Å². The first kappa shape index (κ1) is 25.2. The highest BCUT2D eigenvalue weighted by atomic mass is 16.6. The number of fused-ring (bicyclic) bond motifs is 5. The first-order valence-corrected chi connectivity index (χ1v) is 14.4. The Balaban J connectivity index is 1.16. The van der Waals surface area contributed by atoms with Crippen molar-refractivity contribution in [2.24, 2.45) is 28.6 Å². The van der Waals surface area contributed by atoms with Gasteiger partial charge in [0.25, 0.3) is 0 Å². The Morgan fingerprint density at radius 2 is 1.74 bits per heavy atom. The van der Waals surface area contributed by atoms with Gasteiger partial charge in [-0.05, 0) is 73.8 Å². The molecule has 3 fully saturated rings. The average molecular weight is 513 g/mol. The molecule has 2 amide bonds. The summed E-state index contributed by atoms with van der Waals surface area (Å²) in [6.07, 6.45) is 9.46. The standard InChI is InChI=1S/C33H40N2O3/c1-32-20-18-30(36)35-28(32)15-13-24-25-14-16-29(33(25,2)19-17-26(24)32)38-31(37)34-27(23-11-7-4-8-12-23)21-22-9-5-3-6-10-22/h3-12,15,24-27,29H,13-14,16-21H2,1-2H3,(H,34,37)(H,35,36)/t24-,25-,26-,27?,29-,32+,33-/m0/s1. The summed E-state index contributed by atoms with van der Waals surface area (Å²) >= 11 is 0. The van der Waals surface area contributed by atoms with Crippen molar-refractivity contribution in [3.05, 3.63) is 83.6 Å². The van der Waals surface area contributed by atoms with Gasteiger partial charge in [0.05, 0.1) is 6.04 Å². The molecular weight excluding hydrogens is 472 g/mol. The quantitative estimate of drug-likeness (QED) is 0.468. The molecule has 0 spiro atoms. The third-order valence-corrected chi connectivity index (χ3v) is 10.5. The van der Waals surface area contributed by atoms with Crippen molar-refractivity contribution in [2.75, 3.05) is 0 Å². The van der Waals surface area contributed by atoms with Crippen LogP contribution in [-0.4, -0.2) is 18.1 Å². The van der Waals surface area contributed by atoms with E-state index in [0.717, 1.165) is 56.2 Å². The lowest BCUT2D eigenvalue weighted by atomic mass is 9.50. The largest absolute Gasteiger partial charge is 0.446 e. The highest BCUT2D eigenvalue weighted by molar-refractivity contribution is 5.79. The van der Waals surface area contributed by atoms with E-state index in [2.05, 4.69) is 54.8 Å². The fourth-order valence-electron chi connectivity index (χ4n) is 8.43. The topological polar surface area (TPSA) is 67.4 Å². The zero-order valence-corrected chi connectivity index (χ0v) is 22.6. The summed E-state index contributed by atoms with van der Waals surface area (Å²) in [5.41, 5.74) is 3.50. The number of rotatable bonds is 5. The fraction of sp³-hybridized carbons (Fsp3) is 0.515. The predicted octanol–water partition coefficient (Wildman–Crippen LogP) is 6.71. The molecule has 1 heterocycles. The number of carbonyl (C=O) groups excluding carboxylic acids is 2. The number of piperidine rings is 1. The molecule has 6 rings (SSSR count). The molecule has 0 bridgehead atoms. The summed E-state index contributed by atoms with van der Waals surface area (Å²) in [5, 5.41) is 6.40. The molecule has 2 N–H and O–H groups in total. The molecular formula is C33H40N2O3. The van der Waals surface area contributed by atoms with Gasteiger partial charge in [0.1, 0.15) is 6.10 Å². The molecule has 7 atom stereocenters. The van der Waals surface area contributed by atoms with Crippen LogP contribution in [0.1, 0.15) is 76.0 Å². The minimum absolute atomic E-state index is 0.000200. The van der Waals surface area contributed by atoms with E-state index in [1.54, 1.807) is 0 Å². The van der Waals surface area contributed by atoms with E-state index in [4.69, 9.17) is 4.74 Å². The molecule has 1 unspecified atom stereocenters. The van der Waals surface area contributed by atoms with Crippen LogP contribution in [0.4, 0.5) is 4.79 Å². The smallest absolute Gasteiger partial charge is 0.407 e. The van der Waals surface area contributed by atoms with Gasteiger partial charge in [-0.25, -0.2) is 4.79 Å². The van der Waals surface area contributed by atoms with Gasteiger partial charge in [-0.3, -0.25) is 4.79 Å². The number of hydrogen-bond acceptors (Lipinski definition) is 3. The van der Waals surface area contributed by atoms with Crippen molar-refractivity contribution in [3.63, 3.8) is 0 Å². The first-order chi connectivity index (χ1) is 18.4. The van der Waals surface area contributed by atoms with Crippen LogP contribution in [0.5, 0.6) is 0 Å². The van der Waals surface area contributed by atoms with Crippen LogP contribution < -0.4 is 10.6 Å². The van der Waals surface area contributed by atoms with E-state index in [9.17, 15) is 9.59 Å². The van der Waals surface area contributed by atoms with Gasteiger partial charge >= 0.3 is 6.09 Å². The second-order valence-electron chi connectivity index (χ2n) is 12.5. The number of ether oxygens (including phenoxy) is 1. The Kier molecular flexibility index (Phi) is 6.57. The van der Waals surface area contributed by atoms with Crippen LogP contribution in [0.2, 0.25) is 0 Å². The van der Waals surface area contributed by atoms with Crippen molar-refractivity contribution in [1.29, 1.82) is 0 Å². The molecule has 38 heavy (non-hydrogen) atoms. The molecule has 3 aliphatic carbocycles. The lowest BCUT2D eigenvalue weighted by Gasteiger charge is -2.56. The predicted molar refractivity (Wildman–Crippen MR) is 148 cm³/mol. The van der Waals surface area contributed by atoms with Crippen LogP contribution >= 0.6 is 0 Å². The van der Waals surface area contributed by atoms with Crippen LogP contribution in [0.15, 0.2) is 72.4 Å². The van der Waals surface area contributed by atoms with Crippen molar-refractivity contribution in [2.45, 2.75) is 77.4 Å². The third kappa shape index (κ3) is 4.44. The zero-order valence-electron chi connectivity index (χ0n) is 22.6. The molecule has 0 radical (unpaired) electrons. The maximum Gasteiger partial charge on any atom is 0.407 e. The second-order valence-corrected chi connectivity index (χ2v) is 12.5. The van der Waals surface area contributed by atoms with Crippen LogP contribution in [0.3, 0.4) is 0 Å². The van der Waals surface area contributed by atoms with Gasteiger partial charge < -0.3 is 15.4 Å². The maximum absolute atomic E-state index is 13.4. The molecule has 4 aliphatic rings. The van der Waals surface area contributed by atoms with Gasteiger partial charge in [-0.15, -0.1) is 0 Å². The van der Waals surface area contributed by atoms with E-state index in [-0.39, 0.29) is 35.0 Å². The van der Waals surface area contributed by atoms with Gasteiger partial charge in [0, 0.05) is 22.9 Å². The molecule has 2 aromatic carbocycles. The monoisotopic (exact) mass is 512 g/mol. The molecule has 5 nitrogen and oxygen atoms in total. The maximum atomic E-state index is 13.4. The van der Waals surface area contributed by atoms with Crippen molar-refractivity contribution >= 4 is 12.0 Å². The van der Waals surface area contributed by atoms with E-state index < -0.39 is 0 Å². The van der Waals surface area contributed by atoms with E-state index in [1.165, 1.54) is 5.56 Å². The molecule has 0 aromatic heterocycles. The normalized spacial score (nSPS) is 34.6. The van der Waals surface area contributed by atoms with E-state index in [0.29, 0.717) is 24.2 Å². The van der Waals surface area contributed by atoms with E-state index >= 15 is 0 Å². The minimum atomic E-state index is -0.309. The number of allylic oxidation sites excluding steroid dienone is 2. The summed E-state index contributed by atoms with van der Waals surface area (Å²) in [6.45, 7) is 4.73. The molecule has 2 aromatic rings. The molecule has 5 heteroatoms. The number of alkyl carbamates (subject to hydrolysis) is 1. The van der Waals surface area contributed by atoms with Crippen LogP contribution in [-0.2, 0) is 16.0 Å². The number of carbonyl (C=O) groups is 2. The Labute approximate surface area is 226 Å². The molecule has 1 aliphatic heterocycles. The lowest BCUT2D eigenvalue weighted by Crippen LogP contribution is -2.54. The summed E-state index contributed by atoms with van der Waals surface area (Å²) < 4.78 is 6.28. The first-order valence-electron chi connectivity index (χ1n) is 14.4. The molecule has 1 saturated heterocycles. The Hall–Kier alpha value is -3.08. The highest BCUT2D eigenvalue weighted by Gasteiger charge is 2.59. The summed E-state index contributed by atoms with van der Waals surface area (Å²) in [7, 11) is 0. The van der Waals surface area contributed by atoms with Gasteiger partial charge in [0.15, 0.2) is 0 Å². The van der Waals surface area contributed by atoms with Crippen LogP contribution in [0.25, 0.3) is 0 Å². The highest BCUT2D eigenvalue weighted by Crippen LogP contribution is 2.64. The van der Waals surface area contributed by atoms with Gasteiger partial charge in [0.2, 0.25) is 5.91 Å². The number of hydrogen-bond donors (Lipinski definition) is 2. The van der Waals surface area contributed by atoms with Crippen molar-refractivity contribution in [3.8, 4) is 0 Å². The SMILES string of the molecule is C[C@]12CC[C@H]3[C@@H](CC=C4NC(=O)CC[C@@]43C)[C@@H]1CC[C@@H]2OC(=O)NC(Cc1ccccc1)c1ccccc1. The lowest BCUT2D eigenvalue weighted by molar-refractivity contribution is -0.125. The Morgan fingerprint density at radius 1 is 1.00 bits per heavy atom. The Morgan fingerprint density at radius 3 is 2.50 bits per heavy atom. The third-order valence-electron chi connectivity index (χ3n) is 10.5. The number of nitrogens with one attached hydrogen (secondary N) is 2. The number of benzene rings is 2. The van der Waals surface area contributed by atoms with Gasteiger partial charge in [-0.1, -0.05) is 80.6 Å². The average Bonchev–Trinajstić information content (AvgIpc) is 3.25. The summed E-state index contributed by atoms with van der Waals surface area (Å²) in [6, 6.07) is 20.3. The molecule has 200 valence electrons. The number of amides is 2. The van der Waals surface area contributed by atoms with Crippen molar-refractivity contribution in [1.82, 2.24) is 10.6 Å². The molecule has 2 saturated carbocycles. The zero-order chi connectivity index (χ0) is 26.3. The van der Waals surface area contributed by atoms with Crippen molar-refractivity contribution < 1.29 is 14.3 Å². The van der Waals surface area contributed by atoms with E-state index in [1.807, 2.05) is 36.4 Å². The minimum Gasteiger partial charge on any atom is -0.446 e. The van der Waals surface area contributed by atoms with Crippen LogP contribution in [0, 0.1) is 28.6 Å². The Bertz CT molecular complexity index is 1210. The summed E-state index contributed by atoms with van der Waals surface area (Å²) in [4.78, 5) is 25.4. The fourth-order valence-corrected chi connectivity index (χ4v) is 8.43.